The highest BCUT2D eigenvalue weighted by Crippen LogP contribution is 2.14. The summed E-state index contributed by atoms with van der Waals surface area (Å²) in [6, 6.07) is 3.28. The van der Waals surface area contributed by atoms with E-state index in [-0.39, 0.29) is 18.1 Å². The van der Waals surface area contributed by atoms with Gasteiger partial charge in [-0.25, -0.2) is 14.8 Å². The number of esters is 1. The van der Waals surface area contributed by atoms with Crippen molar-refractivity contribution in [2.45, 2.75) is 13.5 Å². The largest absolute Gasteiger partial charge is 0.468 e. The third-order valence-corrected chi connectivity index (χ3v) is 4.48. The molecule has 0 radical (unpaired) electrons. The number of carbonyl (C=O) groups is 2. The van der Waals surface area contributed by atoms with Crippen LogP contribution >= 0.6 is 0 Å². The summed E-state index contributed by atoms with van der Waals surface area (Å²) in [5, 5.41) is 2.52. The van der Waals surface area contributed by atoms with Crippen LogP contribution in [-0.4, -0.2) is 71.3 Å². The third-order valence-electron chi connectivity index (χ3n) is 4.48. The molecule has 2 aromatic rings. The second kappa shape index (κ2) is 8.02. The van der Waals surface area contributed by atoms with E-state index in [4.69, 9.17) is 0 Å². The number of amides is 2. The van der Waals surface area contributed by atoms with Crippen molar-refractivity contribution in [3.63, 3.8) is 0 Å². The van der Waals surface area contributed by atoms with E-state index in [0.29, 0.717) is 49.7 Å². The number of ether oxygens (including phenoxy) is 1. The summed E-state index contributed by atoms with van der Waals surface area (Å²) < 4.78 is 6.11. The zero-order valence-electron chi connectivity index (χ0n) is 15.3. The Morgan fingerprint density at radius 2 is 2.00 bits per heavy atom. The molecule has 27 heavy (non-hydrogen) atoms. The summed E-state index contributed by atoms with van der Waals surface area (Å²) in [6.07, 6.45) is 1.64. The molecule has 3 rings (SSSR count). The fraction of sp³-hybridized carbons (Fsp3) is 0.471. The number of methoxy groups -OCH3 is 1. The Morgan fingerprint density at radius 1 is 1.26 bits per heavy atom. The Hall–Kier alpha value is -3.17. The fourth-order valence-corrected chi connectivity index (χ4v) is 3.01. The van der Waals surface area contributed by atoms with Gasteiger partial charge in [0.15, 0.2) is 11.5 Å². The van der Waals surface area contributed by atoms with Crippen molar-refractivity contribution in [3.05, 3.63) is 28.7 Å². The number of urea groups is 1. The predicted molar refractivity (Wildman–Crippen MR) is 98.7 cm³/mol. The summed E-state index contributed by atoms with van der Waals surface area (Å²) in [4.78, 5) is 48.3. The zero-order chi connectivity index (χ0) is 19.4. The number of nitrogens with one attached hydrogen (secondary N) is 1. The van der Waals surface area contributed by atoms with Crippen LogP contribution in [0.15, 0.2) is 23.1 Å². The van der Waals surface area contributed by atoms with E-state index < -0.39 is 5.97 Å². The average molecular weight is 374 g/mol. The molecule has 0 atom stereocenters. The summed E-state index contributed by atoms with van der Waals surface area (Å²) in [5.74, 6) is -0.136. The first-order valence-electron chi connectivity index (χ1n) is 8.75. The molecule has 3 heterocycles. The van der Waals surface area contributed by atoms with Crippen LogP contribution in [0.25, 0.3) is 11.2 Å². The van der Waals surface area contributed by atoms with Crippen molar-refractivity contribution in [1.82, 2.24) is 24.8 Å². The molecule has 1 fully saturated rings. The Labute approximate surface area is 155 Å². The molecule has 2 aromatic heterocycles. The van der Waals surface area contributed by atoms with Gasteiger partial charge in [-0.05, 0) is 19.1 Å². The minimum Gasteiger partial charge on any atom is -0.468 e. The molecule has 144 valence electrons. The van der Waals surface area contributed by atoms with Crippen LogP contribution in [0, 0.1) is 0 Å². The van der Waals surface area contributed by atoms with Gasteiger partial charge in [-0.2, -0.15) is 0 Å². The minimum absolute atomic E-state index is 0.171. The maximum atomic E-state index is 12.8. The highest BCUT2D eigenvalue weighted by atomic mass is 16.5. The summed E-state index contributed by atoms with van der Waals surface area (Å²) in [6.45, 7) is 4.01. The summed E-state index contributed by atoms with van der Waals surface area (Å²) >= 11 is 0. The molecule has 10 heteroatoms. The minimum atomic E-state index is -0.504. The van der Waals surface area contributed by atoms with Crippen LogP contribution in [0.5, 0.6) is 0 Å². The van der Waals surface area contributed by atoms with Gasteiger partial charge in [0, 0.05) is 38.9 Å². The molecule has 10 nitrogen and oxygen atoms in total. The first-order chi connectivity index (χ1) is 13.0. The molecule has 0 saturated carbocycles. The van der Waals surface area contributed by atoms with E-state index in [1.54, 1.807) is 21.7 Å². The Kier molecular flexibility index (Phi) is 5.53. The molecular formula is C17H22N6O4. The normalized spacial score (nSPS) is 14.3. The topological polar surface area (TPSA) is 110 Å². The maximum absolute atomic E-state index is 12.8. The van der Waals surface area contributed by atoms with Crippen molar-refractivity contribution in [3.8, 4) is 0 Å². The lowest BCUT2D eigenvalue weighted by Gasteiger charge is -2.35. The summed E-state index contributed by atoms with van der Waals surface area (Å²) in [7, 11) is 1.27. The molecule has 0 unspecified atom stereocenters. The molecule has 0 bridgehead atoms. The molecule has 1 N–H and O–H groups in total. The van der Waals surface area contributed by atoms with Crippen LogP contribution < -0.4 is 15.8 Å². The van der Waals surface area contributed by atoms with Crippen molar-refractivity contribution < 1.29 is 14.3 Å². The maximum Gasteiger partial charge on any atom is 0.325 e. The van der Waals surface area contributed by atoms with Gasteiger partial charge in [-0.3, -0.25) is 14.2 Å². The van der Waals surface area contributed by atoms with Crippen LogP contribution in [0.3, 0.4) is 0 Å². The highest BCUT2D eigenvalue weighted by molar-refractivity contribution is 5.81. The molecule has 1 aliphatic rings. The number of fused-ring (bicyclic) bond motifs is 1. The summed E-state index contributed by atoms with van der Waals surface area (Å²) in [5.41, 5.74) is 1.04. The smallest absolute Gasteiger partial charge is 0.325 e. The van der Waals surface area contributed by atoms with Crippen molar-refractivity contribution in [2.24, 2.45) is 0 Å². The monoisotopic (exact) mass is 374 g/mol. The average Bonchev–Trinajstić information content (AvgIpc) is 2.71. The Bertz CT molecular complexity index is 904. The molecular weight excluding hydrogens is 352 g/mol. The number of carbonyl (C=O) groups excluding carboxylic acids is 2. The Balaban J connectivity index is 1.73. The molecule has 0 aromatic carbocycles. The van der Waals surface area contributed by atoms with Crippen molar-refractivity contribution in [1.29, 1.82) is 0 Å². The number of hydrogen-bond donors (Lipinski definition) is 1. The standard InChI is InChI=1S/C17H22N6O4/c1-3-23-14-12(5-4-6-18-14)20-15(16(23)25)21-7-9-22(10-8-21)17(26)19-11-13(24)27-2/h4-6H,3,7-11H2,1-2H3,(H,19,26). The van der Waals surface area contributed by atoms with Crippen LogP contribution in [0.1, 0.15) is 6.92 Å². The SMILES string of the molecule is CCn1c(=O)c(N2CCN(C(=O)NCC(=O)OC)CC2)nc2cccnc21. The molecule has 2 amide bonds. The van der Waals surface area contributed by atoms with Gasteiger partial charge >= 0.3 is 12.0 Å². The molecule has 1 saturated heterocycles. The van der Waals surface area contributed by atoms with Crippen molar-refractivity contribution >= 4 is 29.0 Å². The highest BCUT2D eigenvalue weighted by Gasteiger charge is 2.25. The van der Waals surface area contributed by atoms with E-state index >= 15 is 0 Å². The molecule has 0 aliphatic carbocycles. The van der Waals surface area contributed by atoms with E-state index in [2.05, 4.69) is 20.0 Å². The number of aryl methyl sites for hydroxylation is 1. The van der Waals surface area contributed by atoms with Crippen molar-refractivity contribution in [2.75, 3.05) is 44.7 Å². The van der Waals surface area contributed by atoms with Gasteiger partial charge in [0.05, 0.1) is 7.11 Å². The number of piperazine rings is 1. The lowest BCUT2D eigenvalue weighted by Crippen LogP contribution is -2.53. The van der Waals surface area contributed by atoms with E-state index in [0.717, 1.165) is 0 Å². The van der Waals surface area contributed by atoms with Gasteiger partial charge < -0.3 is 19.9 Å². The van der Waals surface area contributed by atoms with E-state index in [1.165, 1.54) is 7.11 Å². The number of rotatable bonds is 4. The lowest BCUT2D eigenvalue weighted by atomic mass is 10.3. The van der Waals surface area contributed by atoms with Gasteiger partial charge in [-0.15, -0.1) is 0 Å². The Morgan fingerprint density at radius 3 is 2.67 bits per heavy atom. The van der Waals surface area contributed by atoms with E-state index in [9.17, 15) is 14.4 Å². The van der Waals surface area contributed by atoms with Gasteiger partial charge in [0.1, 0.15) is 12.1 Å². The fourth-order valence-electron chi connectivity index (χ4n) is 3.01. The predicted octanol–water partition coefficient (Wildman–Crippen LogP) is -0.184. The second-order valence-electron chi connectivity index (χ2n) is 6.04. The lowest BCUT2D eigenvalue weighted by molar-refractivity contribution is -0.139. The first-order valence-corrected chi connectivity index (χ1v) is 8.75. The van der Waals surface area contributed by atoms with Crippen LogP contribution in [-0.2, 0) is 16.1 Å². The number of hydrogen-bond acceptors (Lipinski definition) is 7. The van der Waals surface area contributed by atoms with Crippen LogP contribution in [0.2, 0.25) is 0 Å². The molecule has 1 aliphatic heterocycles. The van der Waals surface area contributed by atoms with Gasteiger partial charge in [0.2, 0.25) is 0 Å². The zero-order valence-corrected chi connectivity index (χ0v) is 15.3. The number of aromatic nitrogens is 3. The third kappa shape index (κ3) is 3.83. The van der Waals surface area contributed by atoms with Crippen LogP contribution in [0.4, 0.5) is 10.6 Å². The number of anilines is 1. The molecule has 0 spiro atoms. The number of nitrogens with zero attached hydrogens (tertiary/aromatic N) is 5. The van der Waals surface area contributed by atoms with E-state index in [1.807, 2.05) is 17.9 Å². The first kappa shape index (κ1) is 18.6. The van der Waals surface area contributed by atoms with Gasteiger partial charge in [0.25, 0.3) is 5.56 Å². The quantitative estimate of drug-likeness (QED) is 0.739. The van der Waals surface area contributed by atoms with Gasteiger partial charge in [-0.1, -0.05) is 0 Å². The second-order valence-corrected chi connectivity index (χ2v) is 6.04. The number of pyridine rings is 1.